The summed E-state index contributed by atoms with van der Waals surface area (Å²) in [6, 6.07) is 5.77. The van der Waals surface area contributed by atoms with E-state index >= 15 is 0 Å². The van der Waals surface area contributed by atoms with E-state index in [1.165, 1.54) is 0 Å². The van der Waals surface area contributed by atoms with Gasteiger partial charge in [0.1, 0.15) is 11.5 Å². The van der Waals surface area contributed by atoms with Crippen LogP contribution in [-0.2, 0) is 9.53 Å². The predicted molar refractivity (Wildman–Crippen MR) is 71.5 cm³/mol. The van der Waals surface area contributed by atoms with E-state index < -0.39 is 0 Å². The molecule has 0 spiro atoms. The maximum Gasteiger partial charge on any atom is 0.306 e. The molecule has 0 saturated heterocycles. The number of carbonyl (C=O) groups excluding carboxylic acids is 1. The summed E-state index contributed by atoms with van der Waals surface area (Å²) in [5.41, 5.74) is 1.06. The molecule has 2 bridgehead atoms. The second-order valence-corrected chi connectivity index (χ2v) is 4.64. The molecule has 0 aromatic heterocycles. The van der Waals surface area contributed by atoms with Crippen LogP contribution in [0, 0.1) is 0 Å². The second kappa shape index (κ2) is 6.45. The average molecular weight is 264 g/mol. The van der Waals surface area contributed by atoms with Crippen molar-refractivity contribution in [2.75, 3.05) is 13.4 Å². The molecule has 0 amide bonds. The first-order chi connectivity index (χ1) is 9.24. The Labute approximate surface area is 113 Å². The van der Waals surface area contributed by atoms with Crippen LogP contribution in [0.15, 0.2) is 18.2 Å². The SMILES string of the molecule is CCCOC(=O)CC(CC)c1ccc2cc1OCO2. The van der Waals surface area contributed by atoms with Crippen LogP contribution in [0.1, 0.15) is 44.6 Å². The molecule has 0 saturated carbocycles. The van der Waals surface area contributed by atoms with E-state index in [9.17, 15) is 4.79 Å². The van der Waals surface area contributed by atoms with Crippen LogP contribution in [0.3, 0.4) is 0 Å². The molecule has 1 aliphatic rings. The van der Waals surface area contributed by atoms with Crippen LogP contribution < -0.4 is 9.47 Å². The lowest BCUT2D eigenvalue weighted by molar-refractivity contribution is -0.144. The molecule has 19 heavy (non-hydrogen) atoms. The molecule has 0 N–H and O–H groups in total. The molecule has 1 heterocycles. The zero-order valence-electron chi connectivity index (χ0n) is 11.5. The molecule has 0 radical (unpaired) electrons. The van der Waals surface area contributed by atoms with Crippen molar-refractivity contribution >= 4 is 5.97 Å². The Bertz CT molecular complexity index is 442. The fourth-order valence-corrected chi connectivity index (χ4v) is 2.18. The first-order valence-corrected chi connectivity index (χ1v) is 6.79. The van der Waals surface area contributed by atoms with Crippen LogP contribution in [0.5, 0.6) is 11.5 Å². The molecule has 0 aliphatic carbocycles. The average Bonchev–Trinajstić information content (AvgIpc) is 2.43. The summed E-state index contributed by atoms with van der Waals surface area (Å²) < 4.78 is 15.9. The third-order valence-electron chi connectivity index (χ3n) is 3.24. The molecule has 4 nitrogen and oxygen atoms in total. The maximum absolute atomic E-state index is 11.7. The monoisotopic (exact) mass is 264 g/mol. The van der Waals surface area contributed by atoms with E-state index in [0.29, 0.717) is 13.0 Å². The van der Waals surface area contributed by atoms with Gasteiger partial charge in [0.2, 0.25) is 6.79 Å². The van der Waals surface area contributed by atoms with Gasteiger partial charge in [-0.05, 0) is 30.4 Å². The van der Waals surface area contributed by atoms with E-state index in [1.54, 1.807) is 0 Å². The Morgan fingerprint density at radius 2 is 2.21 bits per heavy atom. The van der Waals surface area contributed by atoms with Crippen LogP contribution in [0.4, 0.5) is 0 Å². The van der Waals surface area contributed by atoms with Gasteiger partial charge in [-0.25, -0.2) is 0 Å². The van der Waals surface area contributed by atoms with Crippen molar-refractivity contribution in [2.45, 2.75) is 39.0 Å². The minimum atomic E-state index is -0.142. The fraction of sp³-hybridized carbons (Fsp3) is 0.533. The zero-order chi connectivity index (χ0) is 13.7. The van der Waals surface area contributed by atoms with Crippen molar-refractivity contribution in [3.63, 3.8) is 0 Å². The van der Waals surface area contributed by atoms with Crippen LogP contribution in [0.25, 0.3) is 0 Å². The molecular weight excluding hydrogens is 244 g/mol. The summed E-state index contributed by atoms with van der Waals surface area (Å²) in [4.78, 5) is 11.7. The lowest BCUT2D eigenvalue weighted by Crippen LogP contribution is -2.15. The molecule has 0 fully saturated rings. The molecule has 1 atom stereocenters. The summed E-state index contributed by atoms with van der Waals surface area (Å²) in [5, 5.41) is 0. The fourth-order valence-electron chi connectivity index (χ4n) is 2.18. The summed E-state index contributed by atoms with van der Waals surface area (Å²) in [5.74, 6) is 1.62. The Balaban J connectivity index is 2.07. The number of benzene rings is 1. The molecule has 4 heteroatoms. The minimum absolute atomic E-state index is 0.131. The van der Waals surface area contributed by atoms with Gasteiger partial charge in [0, 0.05) is 6.07 Å². The van der Waals surface area contributed by atoms with Crippen molar-refractivity contribution in [3.8, 4) is 11.5 Å². The van der Waals surface area contributed by atoms with Gasteiger partial charge in [0.15, 0.2) is 0 Å². The minimum Gasteiger partial charge on any atom is -0.466 e. The number of hydrogen-bond donors (Lipinski definition) is 0. The number of fused-ring (bicyclic) bond motifs is 2. The van der Waals surface area contributed by atoms with E-state index in [2.05, 4.69) is 6.92 Å². The highest BCUT2D eigenvalue weighted by Gasteiger charge is 2.21. The van der Waals surface area contributed by atoms with Gasteiger partial charge >= 0.3 is 5.97 Å². The predicted octanol–water partition coefficient (Wildman–Crippen LogP) is 3.25. The van der Waals surface area contributed by atoms with Crippen LogP contribution >= 0.6 is 0 Å². The number of hydrogen-bond acceptors (Lipinski definition) is 4. The summed E-state index contributed by atoms with van der Waals surface area (Å²) in [7, 11) is 0. The molecule has 1 unspecified atom stereocenters. The topological polar surface area (TPSA) is 44.8 Å². The second-order valence-electron chi connectivity index (χ2n) is 4.64. The first-order valence-electron chi connectivity index (χ1n) is 6.79. The zero-order valence-corrected chi connectivity index (χ0v) is 11.5. The highest BCUT2D eigenvalue weighted by Crippen LogP contribution is 2.36. The molecule has 1 aromatic rings. The standard InChI is InChI=1S/C15H20O4/c1-3-7-17-15(16)8-11(4-2)13-6-5-12-9-14(13)19-10-18-12/h5-6,9,11H,3-4,7-8,10H2,1-2H3. The van der Waals surface area contributed by atoms with E-state index in [0.717, 1.165) is 29.9 Å². The maximum atomic E-state index is 11.7. The van der Waals surface area contributed by atoms with E-state index in [4.69, 9.17) is 14.2 Å². The molecular formula is C15H20O4. The van der Waals surface area contributed by atoms with Crippen molar-refractivity contribution in [3.05, 3.63) is 23.8 Å². The molecule has 104 valence electrons. The molecule has 2 rings (SSSR count). The highest BCUT2D eigenvalue weighted by molar-refractivity contribution is 5.70. The van der Waals surface area contributed by atoms with Gasteiger partial charge in [-0.3, -0.25) is 4.79 Å². The third kappa shape index (κ3) is 3.40. The number of esters is 1. The van der Waals surface area contributed by atoms with E-state index in [1.807, 2.05) is 25.1 Å². The molecule has 1 aliphatic heterocycles. The summed E-state index contributed by atoms with van der Waals surface area (Å²) in [6.07, 6.45) is 2.12. The van der Waals surface area contributed by atoms with Gasteiger partial charge in [-0.15, -0.1) is 0 Å². The van der Waals surface area contributed by atoms with Gasteiger partial charge in [0.05, 0.1) is 13.0 Å². The quantitative estimate of drug-likeness (QED) is 0.740. The van der Waals surface area contributed by atoms with Gasteiger partial charge in [-0.1, -0.05) is 19.9 Å². The van der Waals surface area contributed by atoms with Gasteiger partial charge < -0.3 is 14.2 Å². The van der Waals surface area contributed by atoms with Crippen molar-refractivity contribution in [2.24, 2.45) is 0 Å². The normalized spacial score (nSPS) is 14.2. The summed E-state index contributed by atoms with van der Waals surface area (Å²) in [6.45, 7) is 4.79. The van der Waals surface area contributed by atoms with Crippen molar-refractivity contribution in [1.29, 1.82) is 0 Å². The van der Waals surface area contributed by atoms with Crippen LogP contribution in [-0.4, -0.2) is 19.4 Å². The highest BCUT2D eigenvalue weighted by atomic mass is 16.7. The van der Waals surface area contributed by atoms with E-state index in [-0.39, 0.29) is 18.7 Å². The lowest BCUT2D eigenvalue weighted by atomic mass is 9.92. The van der Waals surface area contributed by atoms with Gasteiger partial charge in [-0.2, -0.15) is 0 Å². The summed E-state index contributed by atoms with van der Waals surface area (Å²) >= 11 is 0. The Morgan fingerprint density at radius 1 is 1.37 bits per heavy atom. The Morgan fingerprint density at radius 3 is 2.95 bits per heavy atom. The third-order valence-corrected chi connectivity index (χ3v) is 3.24. The lowest BCUT2D eigenvalue weighted by Gasteiger charge is -2.22. The Hall–Kier alpha value is -1.71. The Kier molecular flexibility index (Phi) is 4.66. The molecule has 1 aromatic carbocycles. The van der Waals surface area contributed by atoms with Crippen LogP contribution in [0.2, 0.25) is 0 Å². The first kappa shape index (κ1) is 13.7. The number of ether oxygens (including phenoxy) is 3. The van der Waals surface area contributed by atoms with Crippen molar-refractivity contribution in [1.82, 2.24) is 0 Å². The largest absolute Gasteiger partial charge is 0.466 e. The van der Waals surface area contributed by atoms with Gasteiger partial charge in [0.25, 0.3) is 0 Å². The number of rotatable bonds is 6. The smallest absolute Gasteiger partial charge is 0.306 e. The number of carbonyl (C=O) groups is 1. The van der Waals surface area contributed by atoms with Crippen molar-refractivity contribution < 1.29 is 19.0 Å².